The number of halogens is 2. The number of thiazole rings is 1. The van der Waals surface area contributed by atoms with Crippen LogP contribution in [0.3, 0.4) is 0 Å². The molecule has 0 unspecified atom stereocenters. The van der Waals surface area contributed by atoms with Crippen LogP contribution in [0, 0.1) is 0 Å². The van der Waals surface area contributed by atoms with Crippen LogP contribution in [0.2, 0.25) is 5.02 Å². The Hall–Kier alpha value is -2.30. The molecule has 0 saturated carbocycles. The largest absolute Gasteiger partial charge is 0.495 e. The van der Waals surface area contributed by atoms with Gasteiger partial charge in [0, 0.05) is 31.2 Å². The molecule has 1 aliphatic heterocycles. The van der Waals surface area contributed by atoms with Crippen LogP contribution >= 0.6 is 35.3 Å². The van der Waals surface area contributed by atoms with Gasteiger partial charge in [0.05, 0.1) is 27.4 Å². The molecule has 0 radical (unpaired) electrons. The Kier molecular flexibility index (Phi) is 10.3. The standard InChI is InChI=1S/C26H32ClN3O5S.ClH/c1-26(2,35-19-8-6-18(27)7-9-19)24(31)30(13-5-12-29-14-16-34-17-15-29)25-28-22-20(32-3)10-11-21(33-4)23(22)36-25;/h6-11H,5,12-17H2,1-4H3;1H. The van der Waals surface area contributed by atoms with Crippen LogP contribution in [-0.4, -0.2) is 75.0 Å². The highest BCUT2D eigenvalue weighted by molar-refractivity contribution is 7.22. The van der Waals surface area contributed by atoms with Crippen LogP contribution in [0.15, 0.2) is 36.4 Å². The number of benzene rings is 2. The monoisotopic (exact) mass is 569 g/mol. The van der Waals surface area contributed by atoms with Gasteiger partial charge in [0.25, 0.3) is 5.91 Å². The summed E-state index contributed by atoms with van der Waals surface area (Å²) in [6, 6.07) is 10.7. The van der Waals surface area contributed by atoms with Gasteiger partial charge in [-0.25, -0.2) is 4.98 Å². The van der Waals surface area contributed by atoms with Crippen molar-refractivity contribution in [1.82, 2.24) is 9.88 Å². The molecule has 1 aliphatic rings. The first-order valence-corrected chi connectivity index (χ1v) is 13.1. The van der Waals surface area contributed by atoms with Crippen LogP contribution in [0.4, 0.5) is 5.13 Å². The summed E-state index contributed by atoms with van der Waals surface area (Å²) in [5.41, 5.74) is -0.474. The predicted molar refractivity (Wildman–Crippen MR) is 150 cm³/mol. The van der Waals surface area contributed by atoms with Crippen molar-refractivity contribution in [3.8, 4) is 17.2 Å². The van der Waals surface area contributed by atoms with E-state index in [-0.39, 0.29) is 18.3 Å². The van der Waals surface area contributed by atoms with Crippen LogP contribution in [0.25, 0.3) is 10.2 Å². The summed E-state index contributed by atoms with van der Waals surface area (Å²) >= 11 is 7.42. The van der Waals surface area contributed by atoms with E-state index in [2.05, 4.69) is 4.90 Å². The lowest BCUT2D eigenvalue weighted by molar-refractivity contribution is -0.131. The van der Waals surface area contributed by atoms with E-state index in [0.717, 1.165) is 44.0 Å². The van der Waals surface area contributed by atoms with Crippen LogP contribution in [0.5, 0.6) is 17.2 Å². The highest BCUT2D eigenvalue weighted by atomic mass is 35.5. The maximum Gasteiger partial charge on any atom is 0.272 e. The molecule has 0 aliphatic carbocycles. The van der Waals surface area contributed by atoms with Crippen molar-refractivity contribution in [2.24, 2.45) is 0 Å². The normalized spacial score (nSPS) is 14.2. The summed E-state index contributed by atoms with van der Waals surface area (Å²) in [4.78, 5) is 22.8. The third-order valence-electron chi connectivity index (χ3n) is 6.04. The van der Waals surface area contributed by atoms with E-state index >= 15 is 0 Å². The molecule has 2 aromatic carbocycles. The molecule has 202 valence electrons. The molecule has 1 aromatic heterocycles. The Morgan fingerprint density at radius 1 is 1.11 bits per heavy atom. The van der Waals surface area contributed by atoms with E-state index in [1.165, 1.54) is 11.3 Å². The molecule has 37 heavy (non-hydrogen) atoms. The van der Waals surface area contributed by atoms with Gasteiger partial charge < -0.3 is 18.9 Å². The average molecular weight is 571 g/mol. The number of rotatable bonds is 10. The lowest BCUT2D eigenvalue weighted by atomic mass is 10.1. The smallest absolute Gasteiger partial charge is 0.272 e. The maximum absolute atomic E-state index is 14.0. The number of carbonyl (C=O) groups excluding carboxylic acids is 1. The minimum atomic E-state index is -1.14. The fourth-order valence-electron chi connectivity index (χ4n) is 4.12. The fourth-order valence-corrected chi connectivity index (χ4v) is 5.34. The van der Waals surface area contributed by atoms with Gasteiger partial charge in [0.15, 0.2) is 10.7 Å². The predicted octanol–water partition coefficient (Wildman–Crippen LogP) is 5.30. The first-order chi connectivity index (χ1) is 17.3. The molecule has 1 amide bonds. The van der Waals surface area contributed by atoms with E-state index in [9.17, 15) is 4.79 Å². The number of hydrogen-bond donors (Lipinski definition) is 0. The zero-order valence-corrected chi connectivity index (χ0v) is 23.9. The summed E-state index contributed by atoms with van der Waals surface area (Å²) in [6.07, 6.45) is 0.785. The minimum absolute atomic E-state index is 0. The van der Waals surface area contributed by atoms with Crippen molar-refractivity contribution >= 4 is 56.6 Å². The van der Waals surface area contributed by atoms with E-state index in [4.69, 9.17) is 35.5 Å². The second-order valence-electron chi connectivity index (χ2n) is 8.97. The lowest BCUT2D eigenvalue weighted by Gasteiger charge is -2.32. The number of morpholine rings is 1. The van der Waals surface area contributed by atoms with E-state index in [0.29, 0.717) is 39.5 Å². The quantitative estimate of drug-likeness (QED) is 0.328. The van der Waals surface area contributed by atoms with E-state index in [1.54, 1.807) is 57.2 Å². The number of nitrogens with zero attached hydrogens (tertiary/aromatic N) is 3. The molecule has 2 heterocycles. The third kappa shape index (κ3) is 6.97. The second kappa shape index (κ2) is 13.0. The molecule has 1 saturated heterocycles. The van der Waals surface area contributed by atoms with Crippen molar-refractivity contribution in [2.45, 2.75) is 25.9 Å². The molecule has 1 fully saturated rings. The zero-order valence-electron chi connectivity index (χ0n) is 21.5. The molecule has 3 aromatic rings. The summed E-state index contributed by atoms with van der Waals surface area (Å²) in [6.45, 7) is 8.17. The Morgan fingerprint density at radius 3 is 2.41 bits per heavy atom. The summed E-state index contributed by atoms with van der Waals surface area (Å²) in [7, 11) is 3.23. The lowest BCUT2D eigenvalue weighted by Crippen LogP contribution is -2.50. The summed E-state index contributed by atoms with van der Waals surface area (Å²) in [5.74, 6) is 1.70. The first-order valence-electron chi connectivity index (χ1n) is 11.9. The van der Waals surface area contributed by atoms with Crippen molar-refractivity contribution < 1.29 is 23.7 Å². The summed E-state index contributed by atoms with van der Waals surface area (Å²) < 4.78 is 23.5. The molecule has 0 spiro atoms. The Balaban J connectivity index is 0.00000380. The minimum Gasteiger partial charge on any atom is -0.495 e. The number of amides is 1. The average Bonchev–Trinajstić information content (AvgIpc) is 3.33. The fraction of sp³-hybridized carbons (Fsp3) is 0.462. The number of ether oxygens (including phenoxy) is 4. The molecule has 11 heteroatoms. The van der Waals surface area contributed by atoms with Gasteiger partial charge in [-0.05, 0) is 56.7 Å². The molecular formula is C26H33Cl2N3O5S. The van der Waals surface area contributed by atoms with Gasteiger partial charge in [-0.3, -0.25) is 14.6 Å². The Labute approximate surface area is 232 Å². The Bertz CT molecular complexity index is 1140. The van der Waals surface area contributed by atoms with E-state index in [1.807, 2.05) is 12.1 Å². The van der Waals surface area contributed by atoms with Gasteiger partial charge >= 0.3 is 0 Å². The number of aromatic nitrogens is 1. The van der Waals surface area contributed by atoms with Crippen LogP contribution in [0.1, 0.15) is 20.3 Å². The molecule has 0 bridgehead atoms. The van der Waals surface area contributed by atoms with Crippen molar-refractivity contribution in [1.29, 1.82) is 0 Å². The zero-order chi connectivity index (χ0) is 25.7. The van der Waals surface area contributed by atoms with Gasteiger partial charge in [0.1, 0.15) is 27.5 Å². The van der Waals surface area contributed by atoms with Crippen molar-refractivity contribution in [3.63, 3.8) is 0 Å². The third-order valence-corrected chi connectivity index (χ3v) is 7.38. The molecular weight excluding hydrogens is 537 g/mol. The molecule has 8 nitrogen and oxygen atoms in total. The van der Waals surface area contributed by atoms with Crippen LogP contribution in [-0.2, 0) is 9.53 Å². The molecule has 0 N–H and O–H groups in total. The van der Waals surface area contributed by atoms with Crippen molar-refractivity contribution in [2.75, 3.05) is 58.5 Å². The number of carbonyl (C=O) groups is 1. The number of hydrogen-bond acceptors (Lipinski definition) is 8. The van der Waals surface area contributed by atoms with Gasteiger partial charge in [-0.2, -0.15) is 0 Å². The van der Waals surface area contributed by atoms with Gasteiger partial charge in [-0.1, -0.05) is 22.9 Å². The van der Waals surface area contributed by atoms with Gasteiger partial charge in [-0.15, -0.1) is 12.4 Å². The maximum atomic E-state index is 14.0. The number of fused-ring (bicyclic) bond motifs is 1. The SMILES string of the molecule is COc1ccc(OC)c2sc(N(CCCN3CCOCC3)C(=O)C(C)(C)Oc3ccc(Cl)cc3)nc12.Cl. The van der Waals surface area contributed by atoms with Crippen molar-refractivity contribution in [3.05, 3.63) is 41.4 Å². The highest BCUT2D eigenvalue weighted by Crippen LogP contribution is 2.40. The number of methoxy groups -OCH3 is 2. The first kappa shape index (κ1) is 29.3. The molecule has 4 rings (SSSR count). The van der Waals surface area contributed by atoms with E-state index < -0.39 is 5.60 Å². The second-order valence-corrected chi connectivity index (χ2v) is 10.4. The van der Waals surface area contributed by atoms with Crippen LogP contribution < -0.4 is 19.1 Å². The summed E-state index contributed by atoms with van der Waals surface area (Å²) in [5, 5.41) is 1.18. The number of anilines is 1. The molecule has 0 atom stereocenters. The van der Waals surface area contributed by atoms with Gasteiger partial charge in [0.2, 0.25) is 0 Å². The Morgan fingerprint density at radius 2 is 1.76 bits per heavy atom. The highest BCUT2D eigenvalue weighted by Gasteiger charge is 2.36. The topological polar surface area (TPSA) is 73.4 Å².